The first-order chi connectivity index (χ1) is 8.67. The third-order valence-corrected chi connectivity index (χ3v) is 3.84. The second-order valence-electron chi connectivity index (χ2n) is 5.15. The first-order valence-electron chi connectivity index (χ1n) is 6.89. The van der Waals surface area contributed by atoms with Crippen molar-refractivity contribution >= 4 is 5.91 Å². The van der Waals surface area contributed by atoms with Crippen LogP contribution in [-0.2, 0) is 28.2 Å². The van der Waals surface area contributed by atoms with Crippen LogP contribution >= 0.6 is 0 Å². The Morgan fingerprint density at radius 2 is 1.89 bits per heavy atom. The van der Waals surface area contributed by atoms with Gasteiger partial charge in [0.05, 0.1) is 6.10 Å². The Hall–Kier alpha value is -0.0656. The zero-order valence-electron chi connectivity index (χ0n) is 11.8. The smallest absolute Gasteiger partial charge is 0.219 e. The number of hydrogen-bond acceptors (Lipinski definition) is 4. The van der Waals surface area contributed by atoms with E-state index in [1.165, 1.54) is 6.42 Å². The number of amides is 1. The van der Waals surface area contributed by atoms with Gasteiger partial charge in [-0.25, -0.2) is 5.90 Å². The van der Waals surface area contributed by atoms with Crippen LogP contribution in [0.3, 0.4) is 0 Å². The number of aliphatic hydroxyl groups is 1. The van der Waals surface area contributed by atoms with Gasteiger partial charge in [-0.3, -0.25) is 4.79 Å². The normalized spacial score (nSPS) is 19.8. The summed E-state index contributed by atoms with van der Waals surface area (Å²) >= 11 is 0. The van der Waals surface area contributed by atoms with Gasteiger partial charge >= 0.3 is 0 Å². The fourth-order valence-corrected chi connectivity index (χ4v) is 2.23. The summed E-state index contributed by atoms with van der Waals surface area (Å²) in [5, 5.41) is 8.71. The van der Waals surface area contributed by atoms with Crippen LogP contribution in [0, 0.1) is 5.92 Å². The van der Waals surface area contributed by atoms with E-state index in [0.29, 0.717) is 12.0 Å². The van der Waals surface area contributed by atoms with Gasteiger partial charge in [-0.1, -0.05) is 0 Å². The quantitative estimate of drug-likeness (QED) is 0.764. The van der Waals surface area contributed by atoms with E-state index >= 15 is 0 Å². The number of aliphatic hydroxyl groups excluding tert-OH is 1. The summed E-state index contributed by atoms with van der Waals surface area (Å²) < 4.78 is 0. The molecule has 19 heavy (non-hydrogen) atoms. The SMILES string of the molecule is CC(=O)N1CCC(CCO)CC1.NOC1CCC1.[V]. The number of rotatable bonds is 3. The van der Waals surface area contributed by atoms with Crippen molar-refractivity contribution in [2.24, 2.45) is 11.8 Å². The maximum Gasteiger partial charge on any atom is 0.219 e. The van der Waals surface area contributed by atoms with Gasteiger partial charge in [0.2, 0.25) is 5.91 Å². The van der Waals surface area contributed by atoms with Crippen molar-refractivity contribution in [1.29, 1.82) is 0 Å². The molecule has 0 aromatic carbocycles. The molecule has 0 spiro atoms. The number of hydrogen-bond donors (Lipinski definition) is 2. The molecule has 2 rings (SSSR count). The number of carbonyl (C=O) groups excluding carboxylic acids is 1. The molecule has 2 fully saturated rings. The molecule has 1 saturated carbocycles. The number of likely N-dealkylation sites (tertiary alicyclic amines) is 1. The number of nitrogens with zero attached hydrogens (tertiary/aromatic N) is 1. The molecule has 0 atom stereocenters. The van der Waals surface area contributed by atoms with Crippen molar-refractivity contribution in [3.05, 3.63) is 0 Å². The average molecular weight is 309 g/mol. The van der Waals surface area contributed by atoms with E-state index in [-0.39, 0.29) is 31.1 Å². The van der Waals surface area contributed by atoms with Crippen molar-refractivity contribution in [3.8, 4) is 0 Å². The molecule has 111 valence electrons. The second-order valence-corrected chi connectivity index (χ2v) is 5.15. The predicted octanol–water partition coefficient (Wildman–Crippen LogP) is 1.05. The molecule has 1 saturated heterocycles. The minimum Gasteiger partial charge on any atom is -0.396 e. The Labute approximate surface area is 127 Å². The zero-order chi connectivity index (χ0) is 13.4. The van der Waals surface area contributed by atoms with Gasteiger partial charge in [0.15, 0.2) is 0 Å². The second kappa shape index (κ2) is 10.7. The van der Waals surface area contributed by atoms with Crippen molar-refractivity contribution in [3.63, 3.8) is 0 Å². The van der Waals surface area contributed by atoms with Crippen LogP contribution in [0.25, 0.3) is 0 Å². The van der Waals surface area contributed by atoms with Crippen molar-refractivity contribution in [2.75, 3.05) is 19.7 Å². The molecule has 1 heterocycles. The maximum absolute atomic E-state index is 10.9. The maximum atomic E-state index is 10.9. The van der Waals surface area contributed by atoms with Crippen molar-refractivity contribution < 1.29 is 33.3 Å². The van der Waals surface area contributed by atoms with Crippen LogP contribution < -0.4 is 5.90 Å². The van der Waals surface area contributed by atoms with Crippen LogP contribution in [0.2, 0.25) is 0 Å². The first-order valence-corrected chi connectivity index (χ1v) is 6.89. The van der Waals surface area contributed by atoms with Crippen LogP contribution in [0.4, 0.5) is 0 Å². The monoisotopic (exact) mass is 309 g/mol. The molecule has 1 aliphatic heterocycles. The van der Waals surface area contributed by atoms with Gasteiger partial charge in [-0.15, -0.1) is 0 Å². The van der Waals surface area contributed by atoms with E-state index < -0.39 is 0 Å². The third kappa shape index (κ3) is 7.32. The van der Waals surface area contributed by atoms with Crippen LogP contribution in [0.15, 0.2) is 0 Å². The van der Waals surface area contributed by atoms with E-state index in [1.54, 1.807) is 6.92 Å². The Balaban J connectivity index is 0.000000392. The fraction of sp³-hybridized carbons (Fsp3) is 0.923. The van der Waals surface area contributed by atoms with Crippen LogP contribution in [-0.4, -0.2) is 41.7 Å². The molecule has 6 heteroatoms. The molecule has 0 unspecified atom stereocenters. The van der Waals surface area contributed by atoms with Crippen LogP contribution in [0.1, 0.15) is 45.4 Å². The van der Waals surface area contributed by atoms with Gasteiger partial charge in [0, 0.05) is 45.2 Å². The first kappa shape index (κ1) is 18.9. The summed E-state index contributed by atoms with van der Waals surface area (Å²) in [6.07, 6.45) is 7.02. The summed E-state index contributed by atoms with van der Waals surface area (Å²) in [7, 11) is 0. The topological polar surface area (TPSA) is 75.8 Å². The molecule has 5 nitrogen and oxygen atoms in total. The average Bonchev–Trinajstić information content (AvgIpc) is 2.29. The number of nitrogens with two attached hydrogens (primary N) is 1. The third-order valence-electron chi connectivity index (χ3n) is 3.84. The van der Waals surface area contributed by atoms with Crippen LogP contribution in [0.5, 0.6) is 0 Å². The molecule has 1 radical (unpaired) electrons. The largest absolute Gasteiger partial charge is 0.396 e. The van der Waals surface area contributed by atoms with Crippen molar-refractivity contribution in [2.45, 2.75) is 51.6 Å². The minimum atomic E-state index is 0. The van der Waals surface area contributed by atoms with Crippen molar-refractivity contribution in [1.82, 2.24) is 4.90 Å². The molecule has 0 aromatic heterocycles. The molecule has 1 amide bonds. The van der Waals surface area contributed by atoms with Gasteiger partial charge in [0.1, 0.15) is 0 Å². The van der Waals surface area contributed by atoms with E-state index in [4.69, 9.17) is 11.0 Å². The molecule has 3 N–H and O–H groups in total. The summed E-state index contributed by atoms with van der Waals surface area (Å²) in [5.41, 5.74) is 0. The van der Waals surface area contributed by atoms with Gasteiger partial charge in [-0.2, -0.15) is 0 Å². The van der Waals surface area contributed by atoms with E-state index in [1.807, 2.05) is 4.90 Å². The van der Waals surface area contributed by atoms with E-state index in [2.05, 4.69) is 4.84 Å². The Morgan fingerprint density at radius 1 is 1.32 bits per heavy atom. The molecular formula is C13H26N2O3V. The molecular weight excluding hydrogens is 283 g/mol. The van der Waals surface area contributed by atoms with E-state index in [0.717, 1.165) is 45.2 Å². The zero-order valence-corrected chi connectivity index (χ0v) is 13.2. The summed E-state index contributed by atoms with van der Waals surface area (Å²) in [6.45, 7) is 3.65. The summed E-state index contributed by atoms with van der Waals surface area (Å²) in [4.78, 5) is 17.3. The molecule has 2 aliphatic rings. The van der Waals surface area contributed by atoms with E-state index in [9.17, 15) is 4.79 Å². The number of carbonyl (C=O) groups is 1. The molecule has 0 aromatic rings. The molecule has 0 bridgehead atoms. The standard InChI is InChI=1S/C9H17NO2.C4H9NO.V/c1-8(12)10-5-2-9(3-6-10)4-7-11;5-6-4-2-1-3-4;/h9,11H,2-7H2,1H3;4H,1-3,5H2;. The predicted molar refractivity (Wildman–Crippen MR) is 69.6 cm³/mol. The van der Waals surface area contributed by atoms with Gasteiger partial charge in [-0.05, 0) is 44.4 Å². The minimum absolute atomic E-state index is 0. The molecule has 1 aliphatic carbocycles. The summed E-state index contributed by atoms with van der Waals surface area (Å²) in [5.74, 6) is 5.64. The Kier molecular flexibility index (Phi) is 10.7. The Morgan fingerprint density at radius 3 is 2.16 bits per heavy atom. The summed E-state index contributed by atoms with van der Waals surface area (Å²) in [6, 6.07) is 0. The fourth-order valence-electron chi connectivity index (χ4n) is 2.23. The Bertz CT molecular complexity index is 239. The van der Waals surface area contributed by atoms with Gasteiger partial charge < -0.3 is 14.8 Å². The number of piperidine rings is 1. The van der Waals surface area contributed by atoms with Gasteiger partial charge in [0.25, 0.3) is 0 Å².